The smallest absolute Gasteiger partial charge is 0.294 e. The number of nitrogens with one attached hydrogen (secondary N) is 1. The maximum atomic E-state index is 12.0. The van der Waals surface area contributed by atoms with Crippen LogP contribution in [0.2, 0.25) is 5.02 Å². The van der Waals surface area contributed by atoms with Crippen molar-refractivity contribution in [2.45, 2.75) is 0 Å². The molecule has 0 saturated heterocycles. The first-order valence-electron chi connectivity index (χ1n) is 6.56. The van der Waals surface area contributed by atoms with E-state index < -0.39 is 4.92 Å². The minimum atomic E-state index is -0.548. The van der Waals surface area contributed by atoms with Crippen LogP contribution in [-0.2, 0) is 0 Å². The number of carbonyl (C=O) groups excluding carboxylic acids is 1. The van der Waals surface area contributed by atoms with Gasteiger partial charge in [0.15, 0.2) is 5.78 Å². The second-order valence-corrected chi connectivity index (χ2v) is 4.93. The van der Waals surface area contributed by atoms with Crippen LogP contribution in [0.1, 0.15) is 10.4 Å². The molecule has 2 aromatic rings. The van der Waals surface area contributed by atoms with Crippen molar-refractivity contribution >= 4 is 28.8 Å². The van der Waals surface area contributed by atoms with Crippen molar-refractivity contribution in [2.75, 3.05) is 12.4 Å². The molecular weight excluding hydrogens is 320 g/mol. The zero-order valence-electron chi connectivity index (χ0n) is 12.2. The van der Waals surface area contributed by atoms with Gasteiger partial charge in [-0.3, -0.25) is 14.9 Å². The lowest BCUT2D eigenvalue weighted by Crippen LogP contribution is -1.98. The Morgan fingerprint density at radius 1 is 1.26 bits per heavy atom. The van der Waals surface area contributed by atoms with E-state index in [9.17, 15) is 14.9 Å². The number of hydrogen-bond donors (Lipinski definition) is 1. The van der Waals surface area contributed by atoms with E-state index in [4.69, 9.17) is 16.3 Å². The lowest BCUT2D eigenvalue weighted by atomic mass is 10.1. The molecule has 0 bridgehead atoms. The largest absolute Gasteiger partial charge is 0.497 e. The lowest BCUT2D eigenvalue weighted by Gasteiger charge is -2.03. The summed E-state index contributed by atoms with van der Waals surface area (Å²) in [6.45, 7) is 0. The predicted octanol–water partition coefficient (Wildman–Crippen LogP) is 4.07. The number of benzene rings is 2. The third-order valence-corrected chi connectivity index (χ3v) is 3.24. The molecule has 0 atom stereocenters. The minimum absolute atomic E-state index is 0.168. The quantitative estimate of drug-likeness (QED) is 0.373. The van der Waals surface area contributed by atoms with Crippen LogP contribution in [0.3, 0.4) is 0 Å². The number of ether oxygens (including phenoxy) is 1. The molecule has 118 valence electrons. The fourth-order valence-corrected chi connectivity index (χ4v) is 2.00. The number of allylic oxidation sites excluding steroid dienone is 1. The van der Waals surface area contributed by atoms with Crippen molar-refractivity contribution in [1.82, 2.24) is 0 Å². The average molecular weight is 333 g/mol. The van der Waals surface area contributed by atoms with E-state index in [1.165, 1.54) is 30.5 Å². The number of anilines is 1. The topological polar surface area (TPSA) is 81.5 Å². The Balaban J connectivity index is 2.09. The van der Waals surface area contributed by atoms with Crippen LogP contribution in [0.25, 0.3) is 0 Å². The number of hydrogen-bond acceptors (Lipinski definition) is 5. The van der Waals surface area contributed by atoms with Gasteiger partial charge in [-0.05, 0) is 36.4 Å². The molecule has 6 nitrogen and oxygen atoms in total. The number of halogens is 1. The van der Waals surface area contributed by atoms with Crippen molar-refractivity contribution in [3.05, 3.63) is 75.4 Å². The summed E-state index contributed by atoms with van der Waals surface area (Å²) < 4.78 is 5.02. The Labute approximate surface area is 137 Å². The van der Waals surface area contributed by atoms with Gasteiger partial charge in [0.1, 0.15) is 11.4 Å². The van der Waals surface area contributed by atoms with Gasteiger partial charge in [0.2, 0.25) is 0 Å². The minimum Gasteiger partial charge on any atom is -0.497 e. The highest BCUT2D eigenvalue weighted by atomic mass is 35.5. The van der Waals surface area contributed by atoms with E-state index in [-0.39, 0.29) is 22.2 Å². The molecule has 0 heterocycles. The van der Waals surface area contributed by atoms with Gasteiger partial charge in [0, 0.05) is 28.9 Å². The lowest BCUT2D eigenvalue weighted by molar-refractivity contribution is -0.383. The number of methoxy groups -OCH3 is 1. The highest BCUT2D eigenvalue weighted by molar-refractivity contribution is 6.30. The standard InChI is InChI=1S/C16H13ClN2O4/c1-23-13-5-2-11(3-6-13)16(20)8-9-18-14-7-4-12(17)10-15(14)19(21)22/h2-10,18H,1H3. The normalized spacial score (nSPS) is 10.5. The molecule has 0 aromatic heterocycles. The second-order valence-electron chi connectivity index (χ2n) is 4.49. The van der Waals surface area contributed by atoms with Crippen LogP contribution >= 0.6 is 11.6 Å². The van der Waals surface area contributed by atoms with Gasteiger partial charge in [-0.2, -0.15) is 0 Å². The molecule has 23 heavy (non-hydrogen) atoms. The summed E-state index contributed by atoms with van der Waals surface area (Å²) in [7, 11) is 1.54. The van der Waals surface area contributed by atoms with Gasteiger partial charge >= 0.3 is 0 Å². The summed E-state index contributed by atoms with van der Waals surface area (Å²) in [5.41, 5.74) is 0.562. The zero-order chi connectivity index (χ0) is 16.8. The Morgan fingerprint density at radius 2 is 1.96 bits per heavy atom. The molecule has 1 N–H and O–H groups in total. The van der Waals surface area contributed by atoms with Crippen LogP contribution in [0.15, 0.2) is 54.7 Å². The molecular formula is C16H13ClN2O4. The average Bonchev–Trinajstić information content (AvgIpc) is 2.56. The summed E-state index contributed by atoms with van der Waals surface area (Å²) in [5, 5.41) is 13.9. The Bertz CT molecular complexity index is 757. The number of nitrogens with zero attached hydrogens (tertiary/aromatic N) is 1. The van der Waals surface area contributed by atoms with Crippen molar-refractivity contribution < 1.29 is 14.5 Å². The van der Waals surface area contributed by atoms with E-state index in [0.717, 1.165) is 0 Å². The fourth-order valence-electron chi connectivity index (χ4n) is 1.84. The fraction of sp³-hybridized carbons (Fsp3) is 0.0625. The molecule has 0 spiro atoms. The van der Waals surface area contributed by atoms with E-state index in [2.05, 4.69) is 5.32 Å². The zero-order valence-corrected chi connectivity index (χ0v) is 12.9. The molecule has 0 amide bonds. The molecule has 0 fully saturated rings. The molecule has 0 aliphatic rings. The van der Waals surface area contributed by atoms with Crippen LogP contribution in [0.5, 0.6) is 5.75 Å². The molecule has 0 aliphatic heterocycles. The highest BCUT2D eigenvalue weighted by Gasteiger charge is 2.13. The first-order valence-corrected chi connectivity index (χ1v) is 6.94. The van der Waals surface area contributed by atoms with Gasteiger partial charge in [-0.25, -0.2) is 0 Å². The third kappa shape index (κ3) is 4.31. The summed E-state index contributed by atoms with van der Waals surface area (Å²) in [6.07, 6.45) is 2.64. The molecule has 7 heteroatoms. The molecule has 0 saturated carbocycles. The SMILES string of the molecule is COc1ccc(C(=O)C=CNc2ccc(Cl)cc2[N+](=O)[O-])cc1. The van der Waals surface area contributed by atoms with Crippen LogP contribution < -0.4 is 10.1 Å². The van der Waals surface area contributed by atoms with Crippen LogP contribution in [0, 0.1) is 10.1 Å². The maximum absolute atomic E-state index is 12.0. The van der Waals surface area contributed by atoms with Crippen molar-refractivity contribution in [3.8, 4) is 5.75 Å². The Morgan fingerprint density at radius 3 is 2.57 bits per heavy atom. The van der Waals surface area contributed by atoms with E-state index >= 15 is 0 Å². The number of nitro benzene ring substituents is 1. The van der Waals surface area contributed by atoms with Gasteiger partial charge < -0.3 is 10.1 Å². The summed E-state index contributed by atoms with van der Waals surface area (Å²) in [5.74, 6) is 0.414. The number of rotatable bonds is 6. The van der Waals surface area contributed by atoms with Crippen molar-refractivity contribution in [2.24, 2.45) is 0 Å². The molecule has 0 radical (unpaired) electrons. The number of carbonyl (C=O) groups is 1. The van der Waals surface area contributed by atoms with Gasteiger partial charge in [0.25, 0.3) is 5.69 Å². The first kappa shape index (κ1) is 16.5. The molecule has 0 unspecified atom stereocenters. The summed E-state index contributed by atoms with van der Waals surface area (Å²) in [4.78, 5) is 22.4. The second kappa shape index (κ2) is 7.42. The van der Waals surface area contributed by atoms with E-state index in [1.54, 1.807) is 31.4 Å². The number of nitro groups is 1. The third-order valence-electron chi connectivity index (χ3n) is 3.00. The van der Waals surface area contributed by atoms with E-state index in [0.29, 0.717) is 11.3 Å². The van der Waals surface area contributed by atoms with Crippen LogP contribution in [0.4, 0.5) is 11.4 Å². The first-order chi connectivity index (χ1) is 11.0. The van der Waals surface area contributed by atoms with Gasteiger partial charge in [-0.15, -0.1) is 0 Å². The summed E-state index contributed by atoms with van der Waals surface area (Å²) >= 11 is 5.74. The highest BCUT2D eigenvalue weighted by Crippen LogP contribution is 2.27. The van der Waals surface area contributed by atoms with Crippen molar-refractivity contribution in [1.29, 1.82) is 0 Å². The summed E-state index contributed by atoms with van der Waals surface area (Å²) in [6, 6.07) is 10.9. The Hall–Kier alpha value is -2.86. The van der Waals surface area contributed by atoms with Gasteiger partial charge in [0.05, 0.1) is 12.0 Å². The molecule has 0 aliphatic carbocycles. The van der Waals surface area contributed by atoms with E-state index in [1.807, 2.05) is 0 Å². The van der Waals surface area contributed by atoms with Gasteiger partial charge in [-0.1, -0.05) is 11.6 Å². The predicted molar refractivity (Wildman–Crippen MR) is 88.2 cm³/mol. The molecule has 2 rings (SSSR count). The van der Waals surface area contributed by atoms with Crippen LogP contribution in [-0.4, -0.2) is 17.8 Å². The maximum Gasteiger partial charge on any atom is 0.294 e. The Kier molecular flexibility index (Phi) is 5.32. The molecule has 2 aromatic carbocycles. The van der Waals surface area contributed by atoms with Crippen molar-refractivity contribution in [3.63, 3.8) is 0 Å². The number of ketones is 1. The monoisotopic (exact) mass is 332 g/mol.